The lowest BCUT2D eigenvalue weighted by atomic mass is 10.9. The van der Waals surface area contributed by atoms with Crippen molar-refractivity contribution in [2.45, 2.75) is 77.6 Å². The molecule has 0 spiro atoms. The lowest BCUT2D eigenvalue weighted by Crippen LogP contribution is -2.62. The summed E-state index contributed by atoms with van der Waals surface area (Å²) >= 11 is 0. The fourth-order valence-electron chi connectivity index (χ4n) is 3.67. The van der Waals surface area contributed by atoms with Crippen LogP contribution < -0.4 is 0 Å². The molecule has 0 aliphatic heterocycles. The van der Waals surface area contributed by atoms with E-state index in [1.54, 1.807) is 21.3 Å². The summed E-state index contributed by atoms with van der Waals surface area (Å²) in [5, 5.41) is 0.0561. The fourth-order valence-corrected chi connectivity index (χ4v) is 31.0. The lowest BCUT2D eigenvalue weighted by Gasteiger charge is -2.44. The van der Waals surface area contributed by atoms with E-state index >= 15 is 0 Å². The number of hydrogen-bond acceptors (Lipinski definition) is 7. The molecule has 0 amide bonds. The van der Waals surface area contributed by atoms with Gasteiger partial charge in [-0.25, -0.2) is 0 Å². The topological polar surface area (TPSA) is 64.6 Å². The Morgan fingerprint density at radius 1 is 0.607 bits per heavy atom. The van der Waals surface area contributed by atoms with Crippen LogP contribution in [0.15, 0.2) is 0 Å². The van der Waals surface area contributed by atoms with Gasteiger partial charge in [0.15, 0.2) is 17.4 Å². The Hall–Kier alpha value is 1.02. The number of hydrogen-bond donors (Lipinski definition) is 0. The molecule has 0 N–H and O–H groups in total. The van der Waals surface area contributed by atoms with Gasteiger partial charge >= 0.3 is 34.5 Å². The zero-order chi connectivity index (χ0) is 22.6. The lowest BCUT2D eigenvalue weighted by molar-refractivity contribution is 0.119. The minimum absolute atomic E-state index is 0.0561. The van der Waals surface area contributed by atoms with Crippen LogP contribution in [0.2, 0.25) is 70.6 Å². The molecule has 7 nitrogen and oxygen atoms in total. The minimum Gasteiger partial charge on any atom is -0.437 e. The maximum Gasteiger partial charge on any atom is 0.502 e. The van der Waals surface area contributed by atoms with Crippen molar-refractivity contribution < 1.29 is 29.7 Å². The van der Waals surface area contributed by atoms with Crippen LogP contribution in [0.1, 0.15) is 6.92 Å². The molecular formula is C15H43O7Si6. The monoisotopic (exact) mass is 503 g/mol. The summed E-state index contributed by atoms with van der Waals surface area (Å²) in [6.45, 7) is 23.2. The van der Waals surface area contributed by atoms with Crippen LogP contribution in [0.5, 0.6) is 0 Å². The van der Waals surface area contributed by atoms with Crippen molar-refractivity contribution in [1.82, 2.24) is 0 Å². The van der Waals surface area contributed by atoms with Gasteiger partial charge in [-0.15, -0.1) is 0 Å². The molecule has 1 unspecified atom stereocenters. The first-order valence-corrected chi connectivity index (χ1v) is 25.3. The summed E-state index contributed by atoms with van der Waals surface area (Å²) in [4.78, 5) is 0. The highest BCUT2D eigenvalue weighted by molar-refractivity contribution is 6.94. The molecule has 0 saturated heterocycles. The van der Waals surface area contributed by atoms with Crippen molar-refractivity contribution in [3.63, 3.8) is 0 Å². The van der Waals surface area contributed by atoms with Crippen LogP contribution in [-0.2, 0) is 29.7 Å². The van der Waals surface area contributed by atoms with Gasteiger partial charge in [-0.05, 0) is 65.5 Å². The average Bonchev–Trinajstić information content (AvgIpc) is 2.43. The molecule has 0 aliphatic rings. The van der Waals surface area contributed by atoms with E-state index in [4.69, 9.17) is 29.7 Å². The summed E-state index contributed by atoms with van der Waals surface area (Å²) in [6, 6.07) is 0. The van der Waals surface area contributed by atoms with Gasteiger partial charge in [0.1, 0.15) is 0 Å². The molecule has 0 aromatic heterocycles. The second kappa shape index (κ2) is 10.6. The Kier molecular flexibility index (Phi) is 10.9. The Morgan fingerprint density at radius 3 is 1.32 bits per heavy atom. The van der Waals surface area contributed by atoms with Crippen molar-refractivity contribution in [2.75, 3.05) is 21.3 Å². The smallest absolute Gasteiger partial charge is 0.437 e. The molecule has 0 aliphatic carbocycles. The van der Waals surface area contributed by atoms with Crippen molar-refractivity contribution in [1.29, 1.82) is 0 Å². The van der Waals surface area contributed by atoms with Crippen LogP contribution in [-0.4, -0.2) is 73.2 Å². The van der Waals surface area contributed by atoms with Crippen molar-refractivity contribution in [3.8, 4) is 0 Å². The third-order valence-electron chi connectivity index (χ3n) is 4.37. The maximum atomic E-state index is 6.72. The minimum atomic E-state index is -2.80. The molecule has 1 radical (unpaired) electrons. The molecule has 0 aromatic carbocycles. The highest BCUT2D eigenvalue weighted by Gasteiger charge is 2.56. The van der Waals surface area contributed by atoms with Gasteiger partial charge in [0.25, 0.3) is 0 Å². The zero-order valence-electron chi connectivity index (χ0n) is 20.4. The van der Waals surface area contributed by atoms with Gasteiger partial charge in [0.2, 0.25) is 0 Å². The van der Waals surface area contributed by atoms with E-state index in [0.29, 0.717) is 0 Å². The molecule has 13 heteroatoms. The van der Waals surface area contributed by atoms with Crippen LogP contribution in [0.3, 0.4) is 0 Å². The largest absolute Gasteiger partial charge is 0.502 e. The first-order valence-electron chi connectivity index (χ1n) is 9.62. The Balaban J connectivity index is 5.34. The van der Waals surface area contributed by atoms with Crippen LogP contribution in [0, 0.1) is 0 Å². The van der Waals surface area contributed by atoms with Gasteiger partial charge in [0, 0.05) is 26.5 Å². The van der Waals surface area contributed by atoms with Crippen LogP contribution >= 0.6 is 0 Å². The third kappa shape index (κ3) is 9.03. The Labute approximate surface area is 180 Å². The van der Waals surface area contributed by atoms with E-state index in [0.717, 1.165) is 0 Å². The maximum absolute atomic E-state index is 6.72. The van der Waals surface area contributed by atoms with Gasteiger partial charge < -0.3 is 29.7 Å². The molecule has 0 bridgehead atoms. The fraction of sp³-hybridized carbons (Fsp3) is 1.00. The quantitative estimate of drug-likeness (QED) is 0.345. The van der Waals surface area contributed by atoms with Crippen LogP contribution in [0.25, 0.3) is 0 Å². The van der Waals surface area contributed by atoms with Crippen molar-refractivity contribution in [2.24, 2.45) is 0 Å². The average molecular weight is 504 g/mol. The summed E-state index contributed by atoms with van der Waals surface area (Å²) in [5.74, 6) is 0. The zero-order valence-corrected chi connectivity index (χ0v) is 26.4. The van der Waals surface area contributed by atoms with E-state index in [9.17, 15) is 0 Å². The second-order valence-electron chi connectivity index (χ2n) is 9.06. The van der Waals surface area contributed by atoms with Gasteiger partial charge in [0.05, 0.1) is 0 Å². The molecule has 28 heavy (non-hydrogen) atoms. The number of rotatable bonds is 13. The van der Waals surface area contributed by atoms with E-state index in [2.05, 4.69) is 72.4 Å². The van der Waals surface area contributed by atoms with Crippen molar-refractivity contribution in [3.05, 3.63) is 0 Å². The summed E-state index contributed by atoms with van der Waals surface area (Å²) < 4.78 is 43.0. The first-order chi connectivity index (χ1) is 12.4. The predicted octanol–water partition coefficient (Wildman–Crippen LogP) is 4.42. The molecule has 0 heterocycles. The van der Waals surface area contributed by atoms with Gasteiger partial charge in [-0.1, -0.05) is 6.92 Å². The van der Waals surface area contributed by atoms with E-state index in [1.807, 2.05) is 0 Å². The highest BCUT2D eigenvalue weighted by atomic mass is 28.5. The second-order valence-corrected chi connectivity index (χ2v) is 30.5. The SMILES string of the molecule is CO[Si](OC)(OC)C(C)[Si](C)(C)O[Si](C)(C)O[Si](C)(C)O[Si](C)(C)O[Si](C)C. The Morgan fingerprint density at radius 2 is 0.964 bits per heavy atom. The molecule has 1 atom stereocenters. The molecule has 0 aromatic rings. The predicted molar refractivity (Wildman–Crippen MR) is 128 cm³/mol. The first kappa shape index (κ1) is 29.0. The molecule has 0 fully saturated rings. The van der Waals surface area contributed by atoms with E-state index < -0.39 is 51.8 Å². The highest BCUT2D eigenvalue weighted by Crippen LogP contribution is 2.36. The molecule has 0 saturated carbocycles. The van der Waals surface area contributed by atoms with Crippen LogP contribution in [0.4, 0.5) is 0 Å². The Bertz CT molecular complexity index is 475. The summed E-state index contributed by atoms with van der Waals surface area (Å²) in [5.41, 5.74) is 0. The van der Waals surface area contributed by atoms with E-state index in [1.165, 1.54) is 0 Å². The molecule has 169 valence electrons. The molecular weight excluding hydrogens is 461 g/mol. The van der Waals surface area contributed by atoms with E-state index in [-0.39, 0.29) is 5.16 Å². The van der Waals surface area contributed by atoms with Gasteiger partial charge in [-0.3, -0.25) is 0 Å². The third-order valence-corrected chi connectivity index (χ3v) is 27.9. The van der Waals surface area contributed by atoms with Crippen molar-refractivity contribution >= 4 is 51.8 Å². The standard InChI is InChI=1S/C15H43O7Si6/c1-15(28(16-2,17-3)18-4)24(7,8)20-26(11,12)22-27(13,14)21-25(9,10)19-23(5)6/h15H,1-14H3. The summed E-state index contributed by atoms with van der Waals surface area (Å²) in [7, 11) is -8.03. The summed E-state index contributed by atoms with van der Waals surface area (Å²) in [6.07, 6.45) is 0. The normalized spacial score (nSPS) is 16.0. The van der Waals surface area contributed by atoms with Gasteiger partial charge in [-0.2, -0.15) is 0 Å². The molecule has 0 rings (SSSR count).